The zero-order valence-electron chi connectivity index (χ0n) is 17.2. The van der Waals surface area contributed by atoms with Gasteiger partial charge in [0.1, 0.15) is 0 Å². The molecular weight excluding hydrogens is 376 g/mol. The molecule has 2 N–H and O–H groups in total. The Balaban J connectivity index is 1.62. The van der Waals surface area contributed by atoms with Gasteiger partial charge in [0.2, 0.25) is 0 Å². The molecule has 0 saturated heterocycles. The lowest BCUT2D eigenvalue weighted by Crippen LogP contribution is -2.18. The Morgan fingerprint density at radius 3 is 2.33 bits per heavy atom. The number of benzene rings is 3. The number of hydrogen-bond donors (Lipinski definition) is 2. The van der Waals surface area contributed by atoms with Crippen LogP contribution >= 0.6 is 0 Å². The zero-order valence-corrected chi connectivity index (χ0v) is 17.2. The van der Waals surface area contributed by atoms with E-state index in [0.717, 1.165) is 16.8 Å². The Hall–Kier alpha value is -3.93. The number of rotatable bonds is 6. The van der Waals surface area contributed by atoms with Crippen LogP contribution in [0.15, 0.2) is 77.9 Å². The Morgan fingerprint density at radius 2 is 1.60 bits per heavy atom. The maximum Gasteiger partial charge on any atom is 0.271 e. The van der Waals surface area contributed by atoms with Gasteiger partial charge in [0.05, 0.1) is 6.21 Å². The van der Waals surface area contributed by atoms with Crippen LogP contribution in [0.3, 0.4) is 0 Å². The van der Waals surface area contributed by atoms with Crippen LogP contribution in [-0.2, 0) is 0 Å². The van der Waals surface area contributed by atoms with Crippen molar-refractivity contribution >= 4 is 29.4 Å². The van der Waals surface area contributed by atoms with E-state index in [4.69, 9.17) is 0 Å². The first kappa shape index (κ1) is 20.8. The van der Waals surface area contributed by atoms with E-state index in [1.54, 1.807) is 36.4 Å². The van der Waals surface area contributed by atoms with E-state index in [1.807, 2.05) is 62.3 Å². The van der Waals surface area contributed by atoms with Gasteiger partial charge in [-0.2, -0.15) is 5.10 Å². The van der Waals surface area contributed by atoms with Crippen molar-refractivity contribution in [3.63, 3.8) is 0 Å². The summed E-state index contributed by atoms with van der Waals surface area (Å²) in [5.41, 5.74) is 7.07. The number of aryl methyl sites for hydroxylation is 1. The summed E-state index contributed by atoms with van der Waals surface area (Å²) in [6.07, 6.45) is 1.54. The molecule has 3 rings (SSSR count). The standard InChI is InChI=1S/C24H24N4O2/c1-17-10-12-19(13-11-17)23(29)26-21-8-4-6-18(14-21)16-25-27-24(30)20-7-5-9-22(15-20)28(2)3/h4-16H,1-3H3,(H,26,29)(H,27,30). The lowest BCUT2D eigenvalue weighted by atomic mass is 10.1. The molecule has 0 aliphatic rings. The van der Waals surface area contributed by atoms with Crippen molar-refractivity contribution in [3.8, 4) is 0 Å². The van der Waals surface area contributed by atoms with E-state index < -0.39 is 0 Å². The number of amides is 2. The fourth-order valence-electron chi connectivity index (χ4n) is 2.76. The molecule has 30 heavy (non-hydrogen) atoms. The second-order valence-electron chi connectivity index (χ2n) is 7.09. The normalized spacial score (nSPS) is 10.6. The molecule has 0 aliphatic carbocycles. The van der Waals surface area contributed by atoms with E-state index in [-0.39, 0.29) is 11.8 Å². The predicted octanol–water partition coefficient (Wildman–Crippen LogP) is 4.08. The van der Waals surface area contributed by atoms with E-state index in [2.05, 4.69) is 15.8 Å². The summed E-state index contributed by atoms with van der Waals surface area (Å²) in [5.74, 6) is -0.475. The van der Waals surface area contributed by atoms with Crippen molar-refractivity contribution < 1.29 is 9.59 Å². The van der Waals surface area contributed by atoms with Gasteiger partial charge >= 0.3 is 0 Å². The fourth-order valence-corrected chi connectivity index (χ4v) is 2.76. The van der Waals surface area contributed by atoms with Crippen molar-refractivity contribution in [2.45, 2.75) is 6.92 Å². The molecule has 0 saturated carbocycles. The van der Waals surface area contributed by atoms with Crippen molar-refractivity contribution in [1.29, 1.82) is 0 Å². The summed E-state index contributed by atoms with van der Waals surface area (Å²) in [6, 6.07) is 21.9. The minimum absolute atomic E-state index is 0.182. The van der Waals surface area contributed by atoms with E-state index in [9.17, 15) is 9.59 Å². The highest BCUT2D eigenvalue weighted by molar-refractivity contribution is 6.04. The first-order valence-corrected chi connectivity index (χ1v) is 9.51. The molecule has 0 spiro atoms. The number of hydrazone groups is 1. The summed E-state index contributed by atoms with van der Waals surface area (Å²) in [7, 11) is 3.83. The maximum atomic E-state index is 12.4. The van der Waals surface area contributed by atoms with Crippen LogP contribution in [0.25, 0.3) is 0 Å². The lowest BCUT2D eigenvalue weighted by molar-refractivity contribution is 0.0954. The molecule has 0 radical (unpaired) electrons. The van der Waals surface area contributed by atoms with Gasteiger partial charge in [0, 0.05) is 36.6 Å². The SMILES string of the molecule is Cc1ccc(C(=O)Nc2cccc(C=NNC(=O)c3cccc(N(C)C)c3)c2)cc1. The Bertz CT molecular complexity index is 1070. The molecule has 2 amide bonds. The largest absolute Gasteiger partial charge is 0.378 e. The van der Waals surface area contributed by atoms with Crippen LogP contribution in [0.4, 0.5) is 11.4 Å². The summed E-state index contributed by atoms with van der Waals surface area (Å²) < 4.78 is 0. The third-order valence-corrected chi connectivity index (χ3v) is 4.46. The number of anilines is 2. The molecule has 6 heteroatoms. The third kappa shape index (κ3) is 5.54. The number of hydrogen-bond acceptors (Lipinski definition) is 4. The van der Waals surface area contributed by atoms with Gasteiger partial charge in [-0.1, -0.05) is 35.9 Å². The molecule has 0 unspecified atom stereocenters. The Morgan fingerprint density at radius 1 is 0.867 bits per heavy atom. The van der Waals surface area contributed by atoms with Crippen LogP contribution in [0.5, 0.6) is 0 Å². The molecular formula is C24H24N4O2. The molecule has 0 atom stereocenters. The maximum absolute atomic E-state index is 12.4. The molecule has 3 aromatic rings. The molecule has 0 fully saturated rings. The highest BCUT2D eigenvalue weighted by Crippen LogP contribution is 2.14. The van der Waals surface area contributed by atoms with Crippen LogP contribution < -0.4 is 15.6 Å². The van der Waals surface area contributed by atoms with E-state index in [1.165, 1.54) is 6.21 Å². The van der Waals surface area contributed by atoms with Crippen LogP contribution in [0.2, 0.25) is 0 Å². The third-order valence-electron chi connectivity index (χ3n) is 4.46. The number of nitrogens with zero attached hydrogens (tertiary/aromatic N) is 2. The van der Waals surface area contributed by atoms with Crippen molar-refractivity contribution in [1.82, 2.24) is 5.43 Å². The first-order valence-electron chi connectivity index (χ1n) is 9.51. The molecule has 0 heterocycles. The first-order chi connectivity index (χ1) is 14.4. The van der Waals surface area contributed by atoms with Crippen LogP contribution in [0.1, 0.15) is 31.8 Å². The Kier molecular flexibility index (Phi) is 6.60. The predicted molar refractivity (Wildman–Crippen MR) is 121 cm³/mol. The molecule has 152 valence electrons. The highest BCUT2D eigenvalue weighted by atomic mass is 16.2. The van der Waals surface area contributed by atoms with Crippen molar-refractivity contribution in [2.75, 3.05) is 24.3 Å². The summed E-state index contributed by atoms with van der Waals surface area (Å²) in [6.45, 7) is 1.97. The number of nitrogens with one attached hydrogen (secondary N) is 2. The van der Waals surface area contributed by atoms with Crippen molar-refractivity contribution in [3.05, 3.63) is 95.1 Å². The van der Waals surface area contributed by atoms with E-state index >= 15 is 0 Å². The smallest absolute Gasteiger partial charge is 0.271 e. The topological polar surface area (TPSA) is 73.8 Å². The quantitative estimate of drug-likeness (QED) is 0.484. The minimum atomic E-state index is -0.293. The minimum Gasteiger partial charge on any atom is -0.378 e. The molecule has 0 aromatic heterocycles. The van der Waals surface area contributed by atoms with Crippen LogP contribution in [0, 0.1) is 6.92 Å². The fraction of sp³-hybridized carbons (Fsp3) is 0.125. The van der Waals surface area contributed by atoms with Crippen LogP contribution in [-0.4, -0.2) is 32.1 Å². The van der Waals surface area contributed by atoms with Crippen molar-refractivity contribution in [2.24, 2.45) is 5.10 Å². The Labute approximate surface area is 176 Å². The summed E-state index contributed by atoms with van der Waals surface area (Å²) >= 11 is 0. The van der Waals surface area contributed by atoms with Gasteiger partial charge in [0.25, 0.3) is 11.8 Å². The van der Waals surface area contributed by atoms with Gasteiger partial charge in [-0.25, -0.2) is 5.43 Å². The monoisotopic (exact) mass is 400 g/mol. The lowest BCUT2D eigenvalue weighted by Gasteiger charge is -2.12. The average Bonchev–Trinajstić information content (AvgIpc) is 2.74. The van der Waals surface area contributed by atoms with Gasteiger partial charge in [-0.3, -0.25) is 9.59 Å². The number of carbonyl (C=O) groups is 2. The summed E-state index contributed by atoms with van der Waals surface area (Å²) in [5, 5.41) is 6.90. The molecule has 6 nitrogen and oxygen atoms in total. The average molecular weight is 400 g/mol. The second-order valence-corrected chi connectivity index (χ2v) is 7.09. The molecule has 0 bridgehead atoms. The van der Waals surface area contributed by atoms with Gasteiger partial charge in [-0.05, 0) is 55.0 Å². The summed E-state index contributed by atoms with van der Waals surface area (Å²) in [4.78, 5) is 26.6. The van der Waals surface area contributed by atoms with Gasteiger partial charge in [0.15, 0.2) is 0 Å². The molecule has 0 aliphatic heterocycles. The highest BCUT2D eigenvalue weighted by Gasteiger charge is 2.07. The number of carbonyl (C=O) groups excluding carboxylic acids is 2. The van der Waals surface area contributed by atoms with Gasteiger partial charge in [-0.15, -0.1) is 0 Å². The zero-order chi connectivity index (χ0) is 21.5. The van der Waals surface area contributed by atoms with Gasteiger partial charge < -0.3 is 10.2 Å². The van der Waals surface area contributed by atoms with E-state index in [0.29, 0.717) is 16.8 Å². The molecule has 3 aromatic carbocycles. The second kappa shape index (κ2) is 9.52.